The van der Waals surface area contributed by atoms with E-state index in [4.69, 9.17) is 4.74 Å². The van der Waals surface area contributed by atoms with Crippen LogP contribution in [0.3, 0.4) is 0 Å². The summed E-state index contributed by atoms with van der Waals surface area (Å²) in [5.41, 5.74) is -0.523. The molecular weight excluding hydrogens is 332 g/mol. The van der Waals surface area contributed by atoms with Crippen molar-refractivity contribution in [3.63, 3.8) is 0 Å². The van der Waals surface area contributed by atoms with Crippen LogP contribution in [0, 0.1) is 0 Å². The Hall–Kier alpha value is -0.660. The summed E-state index contributed by atoms with van der Waals surface area (Å²) in [5, 5.41) is 10.1. The van der Waals surface area contributed by atoms with E-state index in [9.17, 15) is 9.90 Å². The van der Waals surface area contributed by atoms with Gasteiger partial charge >= 0.3 is 6.09 Å². The van der Waals surface area contributed by atoms with Gasteiger partial charge in [-0.2, -0.15) is 4.37 Å². The Balaban J connectivity index is 2.06. The molecule has 1 amide bonds. The monoisotopic (exact) mass is 348 g/mol. The van der Waals surface area contributed by atoms with E-state index < -0.39 is 11.7 Å². The molecule has 0 spiro atoms. The summed E-state index contributed by atoms with van der Waals surface area (Å²) < 4.78 is 10.3. The Morgan fingerprint density at radius 3 is 2.79 bits per heavy atom. The average Bonchev–Trinajstić information content (AvgIpc) is 2.82. The molecule has 1 aliphatic heterocycles. The number of β-amino-alcohol motifs (C(OH)–C–C–N with tert-alkyl or cyclic N) is 1. The van der Waals surface area contributed by atoms with Crippen molar-refractivity contribution in [1.82, 2.24) is 9.27 Å². The van der Waals surface area contributed by atoms with Crippen LogP contribution in [0.5, 0.6) is 0 Å². The van der Waals surface area contributed by atoms with E-state index in [0.29, 0.717) is 13.1 Å². The lowest BCUT2D eigenvalue weighted by atomic mass is 10.1. The number of halogens is 1. The van der Waals surface area contributed by atoms with Crippen LogP contribution in [0.15, 0.2) is 10.7 Å². The molecule has 0 radical (unpaired) electrons. The molecule has 0 bridgehead atoms. The predicted octanol–water partition coefficient (Wildman–Crippen LogP) is 2.60. The maximum Gasteiger partial charge on any atom is 0.410 e. The maximum absolute atomic E-state index is 12.0. The van der Waals surface area contributed by atoms with Crippen LogP contribution in [-0.2, 0) is 4.74 Å². The second kappa shape index (κ2) is 5.38. The molecule has 0 saturated carbocycles. The first kappa shape index (κ1) is 14.7. The molecule has 0 aliphatic carbocycles. The predicted molar refractivity (Wildman–Crippen MR) is 76.4 cm³/mol. The highest BCUT2D eigenvalue weighted by Crippen LogP contribution is 2.35. The van der Waals surface area contributed by atoms with E-state index in [1.807, 2.05) is 20.8 Å². The van der Waals surface area contributed by atoms with Gasteiger partial charge in [0, 0.05) is 17.3 Å². The molecule has 1 fully saturated rings. The number of carbonyl (C=O) groups is 1. The number of amides is 1. The summed E-state index contributed by atoms with van der Waals surface area (Å²) in [6.07, 6.45) is 0.752. The molecule has 1 aromatic rings. The second-order valence-corrected chi connectivity index (χ2v) is 7.28. The summed E-state index contributed by atoms with van der Waals surface area (Å²) in [6, 6.07) is 0. The molecule has 1 saturated heterocycles. The summed E-state index contributed by atoms with van der Waals surface area (Å²) >= 11 is 4.75. The van der Waals surface area contributed by atoms with Gasteiger partial charge in [0.25, 0.3) is 0 Å². The Morgan fingerprint density at radius 1 is 1.58 bits per heavy atom. The van der Waals surface area contributed by atoms with Crippen LogP contribution < -0.4 is 0 Å². The second-order valence-electron chi connectivity index (χ2n) is 5.60. The molecule has 1 aromatic heterocycles. The van der Waals surface area contributed by atoms with Gasteiger partial charge in [-0.1, -0.05) is 0 Å². The lowest BCUT2D eigenvalue weighted by molar-refractivity contribution is 0.0270. The zero-order valence-electron chi connectivity index (χ0n) is 11.1. The number of carbonyl (C=O) groups excluding carboxylic acids is 1. The lowest BCUT2D eigenvalue weighted by Gasteiger charge is -2.24. The lowest BCUT2D eigenvalue weighted by Crippen LogP contribution is -2.35. The number of nitrogens with zero attached hydrogens (tertiary/aromatic N) is 2. The molecule has 2 heterocycles. The van der Waals surface area contributed by atoms with E-state index in [1.165, 1.54) is 11.5 Å². The van der Waals surface area contributed by atoms with Crippen molar-refractivity contribution in [2.45, 2.75) is 38.4 Å². The zero-order valence-corrected chi connectivity index (χ0v) is 13.5. The third kappa shape index (κ3) is 3.46. The third-order valence-electron chi connectivity index (χ3n) is 2.83. The smallest absolute Gasteiger partial charge is 0.410 e. The van der Waals surface area contributed by atoms with Gasteiger partial charge in [-0.25, -0.2) is 4.79 Å². The topological polar surface area (TPSA) is 62.7 Å². The quantitative estimate of drug-likeness (QED) is 0.847. The van der Waals surface area contributed by atoms with Crippen molar-refractivity contribution < 1.29 is 14.6 Å². The van der Waals surface area contributed by atoms with Crippen molar-refractivity contribution >= 4 is 33.6 Å². The Kier molecular flexibility index (Phi) is 4.17. The van der Waals surface area contributed by atoms with E-state index in [-0.39, 0.29) is 12.0 Å². The van der Waals surface area contributed by atoms with Gasteiger partial charge in [-0.3, -0.25) is 0 Å². The highest BCUT2D eigenvalue weighted by molar-refractivity contribution is 9.10. The first-order valence-corrected chi connectivity index (χ1v) is 7.60. The minimum Gasteiger partial charge on any atom is -0.444 e. The van der Waals surface area contributed by atoms with Gasteiger partial charge < -0.3 is 14.7 Å². The number of aliphatic hydroxyl groups is 1. The van der Waals surface area contributed by atoms with Gasteiger partial charge in [0.1, 0.15) is 5.60 Å². The van der Waals surface area contributed by atoms with Crippen molar-refractivity contribution in [2.75, 3.05) is 13.1 Å². The van der Waals surface area contributed by atoms with Gasteiger partial charge in [0.05, 0.1) is 23.3 Å². The first-order chi connectivity index (χ1) is 8.78. The molecule has 106 valence electrons. The standard InChI is InChI=1S/C12H17BrN2O3S/c1-12(2,3)18-11(17)15-5-7(9(16)6-15)10-8(13)4-14-19-10/h4,7,9,16H,5-6H2,1-3H3/t7-,9-/m1/s1. The molecule has 0 aromatic carbocycles. The van der Waals surface area contributed by atoms with E-state index in [1.54, 1.807) is 11.1 Å². The van der Waals surface area contributed by atoms with Crippen LogP contribution in [0.1, 0.15) is 31.6 Å². The fourth-order valence-corrected chi connectivity index (χ4v) is 3.53. The first-order valence-electron chi connectivity index (χ1n) is 6.04. The highest BCUT2D eigenvalue weighted by Gasteiger charge is 2.38. The van der Waals surface area contributed by atoms with E-state index >= 15 is 0 Å². The van der Waals surface area contributed by atoms with Crippen LogP contribution >= 0.6 is 27.5 Å². The Morgan fingerprint density at radius 2 is 2.26 bits per heavy atom. The molecule has 1 aliphatic rings. The fraction of sp³-hybridized carbons (Fsp3) is 0.667. The Bertz CT molecular complexity index is 472. The van der Waals surface area contributed by atoms with Crippen molar-refractivity contribution in [3.05, 3.63) is 15.5 Å². The van der Waals surface area contributed by atoms with Gasteiger partial charge in [0.2, 0.25) is 0 Å². The van der Waals surface area contributed by atoms with Crippen LogP contribution in [0.25, 0.3) is 0 Å². The van der Waals surface area contributed by atoms with Crippen molar-refractivity contribution in [3.8, 4) is 0 Å². The number of likely N-dealkylation sites (tertiary alicyclic amines) is 1. The molecule has 2 rings (SSSR count). The zero-order chi connectivity index (χ0) is 14.2. The van der Waals surface area contributed by atoms with E-state index in [2.05, 4.69) is 20.3 Å². The summed E-state index contributed by atoms with van der Waals surface area (Å²) in [4.78, 5) is 14.5. The number of rotatable bonds is 1. The molecule has 7 heteroatoms. The average molecular weight is 349 g/mol. The van der Waals surface area contributed by atoms with Crippen molar-refractivity contribution in [1.29, 1.82) is 0 Å². The Labute approximate surface area is 124 Å². The van der Waals surface area contributed by atoms with E-state index in [0.717, 1.165) is 9.35 Å². The molecule has 1 N–H and O–H groups in total. The molecule has 0 unspecified atom stereocenters. The van der Waals surface area contributed by atoms with Gasteiger partial charge in [0.15, 0.2) is 0 Å². The molecule has 19 heavy (non-hydrogen) atoms. The number of hydrogen-bond donors (Lipinski definition) is 1. The SMILES string of the molecule is CC(C)(C)OC(=O)N1C[C@@H](O)[C@H](c2sncc2Br)C1. The molecule has 2 atom stereocenters. The number of aromatic nitrogens is 1. The largest absolute Gasteiger partial charge is 0.444 e. The summed E-state index contributed by atoms with van der Waals surface area (Å²) in [7, 11) is 0. The minimum atomic E-state index is -0.579. The van der Waals surface area contributed by atoms with Gasteiger partial charge in [-0.15, -0.1) is 0 Å². The van der Waals surface area contributed by atoms with Crippen LogP contribution in [-0.4, -0.2) is 45.3 Å². The minimum absolute atomic E-state index is 0.102. The summed E-state index contributed by atoms with van der Waals surface area (Å²) in [6.45, 7) is 6.23. The van der Waals surface area contributed by atoms with Crippen LogP contribution in [0.2, 0.25) is 0 Å². The number of aliphatic hydroxyl groups excluding tert-OH is 1. The normalized spacial score (nSPS) is 23.7. The number of ether oxygens (including phenoxy) is 1. The maximum atomic E-state index is 12.0. The summed E-state index contributed by atoms with van der Waals surface area (Å²) in [5.74, 6) is -0.102. The fourth-order valence-electron chi connectivity index (χ4n) is 2.00. The van der Waals surface area contributed by atoms with Gasteiger partial charge in [-0.05, 0) is 48.2 Å². The van der Waals surface area contributed by atoms with Crippen molar-refractivity contribution in [2.24, 2.45) is 0 Å². The van der Waals surface area contributed by atoms with Crippen LogP contribution in [0.4, 0.5) is 4.79 Å². The highest BCUT2D eigenvalue weighted by atomic mass is 79.9. The number of hydrogen-bond acceptors (Lipinski definition) is 5. The third-order valence-corrected chi connectivity index (χ3v) is 4.65. The molecular formula is C12H17BrN2O3S. The molecule has 5 nitrogen and oxygen atoms in total.